The van der Waals surface area contributed by atoms with Crippen LogP contribution in [0.1, 0.15) is 25.7 Å². The van der Waals surface area contributed by atoms with E-state index >= 15 is 4.39 Å². The second-order valence-electron chi connectivity index (χ2n) is 10.1. The third-order valence-corrected chi connectivity index (χ3v) is 8.27. The van der Waals surface area contributed by atoms with Gasteiger partial charge in [0.1, 0.15) is 18.1 Å². The highest BCUT2D eigenvalue weighted by Crippen LogP contribution is 2.40. The van der Waals surface area contributed by atoms with E-state index in [0.29, 0.717) is 66.8 Å². The van der Waals surface area contributed by atoms with E-state index in [-0.39, 0.29) is 28.7 Å². The molecule has 1 amide bonds. The number of likely N-dealkylation sites (N-methyl/N-ethyl adjacent to an activating group) is 1. The molecule has 9 nitrogen and oxygen atoms in total. The van der Waals surface area contributed by atoms with Gasteiger partial charge in [-0.2, -0.15) is 4.39 Å². The molecule has 212 valence electrons. The van der Waals surface area contributed by atoms with Gasteiger partial charge < -0.3 is 19.5 Å². The third-order valence-electron chi connectivity index (χ3n) is 7.35. The average molecular weight is 573 g/mol. The van der Waals surface area contributed by atoms with Crippen LogP contribution in [0.3, 0.4) is 0 Å². The lowest BCUT2D eigenvalue weighted by atomic mass is 9.86. The predicted molar refractivity (Wildman–Crippen MR) is 147 cm³/mol. The van der Waals surface area contributed by atoms with Crippen LogP contribution in [-0.2, 0) is 14.3 Å². The zero-order chi connectivity index (χ0) is 28.4. The maximum Gasteiger partial charge on any atom is 0.304 e. The summed E-state index contributed by atoms with van der Waals surface area (Å²) in [6, 6.07) is 5.79. The number of carboxylic acid groups (broad SMARTS) is 1. The molecular formula is C28H30F2N4O5S. The fourth-order valence-electron chi connectivity index (χ4n) is 5.18. The van der Waals surface area contributed by atoms with Crippen LogP contribution in [0.15, 0.2) is 30.5 Å². The lowest BCUT2D eigenvalue weighted by Gasteiger charge is -2.27. The first-order chi connectivity index (χ1) is 19.2. The summed E-state index contributed by atoms with van der Waals surface area (Å²) in [6.07, 6.45) is 3.19. The van der Waals surface area contributed by atoms with Gasteiger partial charge >= 0.3 is 5.97 Å². The Balaban J connectivity index is 1.45. The molecule has 1 aromatic carbocycles. The maximum absolute atomic E-state index is 15.4. The molecule has 1 N–H and O–H groups in total. The van der Waals surface area contributed by atoms with E-state index < -0.39 is 28.7 Å². The molecule has 4 heterocycles. The summed E-state index contributed by atoms with van der Waals surface area (Å²) in [5.74, 6) is -1.47. The highest BCUT2D eigenvalue weighted by molar-refractivity contribution is 7.14. The summed E-state index contributed by atoms with van der Waals surface area (Å²) in [4.78, 5) is 37.0. The molecule has 0 spiro atoms. The number of aromatic nitrogens is 2. The van der Waals surface area contributed by atoms with Crippen LogP contribution in [0.2, 0.25) is 0 Å². The van der Waals surface area contributed by atoms with E-state index in [4.69, 9.17) is 9.47 Å². The Morgan fingerprint density at radius 3 is 2.73 bits per heavy atom. The number of anilines is 2. The number of carboxylic acids is 1. The molecule has 1 saturated heterocycles. The number of fused-ring (bicyclic) bond motifs is 1. The number of carbonyl (C=O) groups is 2. The van der Waals surface area contributed by atoms with Crippen LogP contribution in [-0.4, -0.2) is 67.4 Å². The summed E-state index contributed by atoms with van der Waals surface area (Å²) in [5, 5.41) is 8.81. The number of nitrogens with zero attached hydrogens (tertiary/aromatic N) is 4. The highest BCUT2D eigenvalue weighted by atomic mass is 32.1. The number of ether oxygens (including phenoxy) is 2. The Labute approximate surface area is 234 Å². The van der Waals surface area contributed by atoms with Crippen LogP contribution in [0.25, 0.3) is 22.4 Å². The number of amides is 1. The van der Waals surface area contributed by atoms with Crippen molar-refractivity contribution in [3.05, 3.63) is 41.4 Å². The van der Waals surface area contributed by atoms with Crippen molar-refractivity contribution in [1.29, 1.82) is 0 Å². The van der Waals surface area contributed by atoms with Gasteiger partial charge in [0.15, 0.2) is 16.7 Å². The van der Waals surface area contributed by atoms with Crippen LogP contribution in [0.4, 0.5) is 19.7 Å². The summed E-state index contributed by atoms with van der Waals surface area (Å²) in [5.41, 5.74) is 1.20. The first-order valence-electron chi connectivity index (χ1n) is 13.1. The summed E-state index contributed by atoms with van der Waals surface area (Å²) in [6.45, 7) is 2.34. The SMILES string of the molecule is CN1CCOc2cc(-c3ccc(F)cc3-c3nc(N(C)C(=O)C(CC(=O)O)CC4CCOCC4)sc3F)cnc21. The molecule has 1 atom stereocenters. The Hall–Kier alpha value is -3.64. The first kappa shape index (κ1) is 27.9. The molecule has 5 rings (SSSR count). The second-order valence-corrected chi connectivity index (χ2v) is 11.0. The van der Waals surface area contributed by atoms with Crippen molar-refractivity contribution < 1.29 is 33.0 Å². The predicted octanol–water partition coefficient (Wildman–Crippen LogP) is 4.85. The topological polar surface area (TPSA) is 105 Å². The fourth-order valence-corrected chi connectivity index (χ4v) is 5.95. The molecule has 2 aliphatic heterocycles. The largest absolute Gasteiger partial charge is 0.488 e. The number of hydrogen-bond acceptors (Lipinski definition) is 8. The van der Waals surface area contributed by atoms with E-state index in [1.807, 2.05) is 11.9 Å². The first-order valence-corrected chi connectivity index (χ1v) is 13.9. The van der Waals surface area contributed by atoms with Crippen molar-refractivity contribution >= 4 is 34.2 Å². The van der Waals surface area contributed by atoms with E-state index in [2.05, 4.69) is 9.97 Å². The van der Waals surface area contributed by atoms with Gasteiger partial charge in [0.25, 0.3) is 0 Å². The van der Waals surface area contributed by atoms with Crippen LogP contribution >= 0.6 is 11.3 Å². The van der Waals surface area contributed by atoms with E-state index in [9.17, 15) is 19.1 Å². The number of benzene rings is 1. The van der Waals surface area contributed by atoms with Gasteiger partial charge in [0.2, 0.25) is 11.0 Å². The van der Waals surface area contributed by atoms with Gasteiger partial charge in [-0.1, -0.05) is 17.4 Å². The molecule has 0 bridgehead atoms. The number of pyridine rings is 1. The number of carbonyl (C=O) groups excluding carboxylic acids is 1. The lowest BCUT2D eigenvalue weighted by Crippen LogP contribution is -2.35. The summed E-state index contributed by atoms with van der Waals surface area (Å²) >= 11 is 0.651. The molecule has 40 heavy (non-hydrogen) atoms. The standard InChI is InChI=1S/C28H30F2N4O5S/c1-33-7-10-39-22-12-18(15-31-26(22)33)20-4-3-19(29)14-21(20)24-25(30)40-28(32-24)34(2)27(37)17(13-23(35)36)11-16-5-8-38-9-6-16/h3-4,12,14-17H,5-11,13H2,1-2H3,(H,35,36). The quantitative estimate of drug-likeness (QED) is 0.409. The number of halogens is 2. The minimum absolute atomic E-state index is 0.0589. The minimum Gasteiger partial charge on any atom is -0.488 e. The van der Waals surface area contributed by atoms with Gasteiger partial charge in [0, 0.05) is 50.6 Å². The maximum atomic E-state index is 15.4. The molecular weight excluding hydrogens is 542 g/mol. The molecule has 12 heteroatoms. The zero-order valence-electron chi connectivity index (χ0n) is 22.2. The number of hydrogen-bond donors (Lipinski definition) is 1. The van der Waals surface area contributed by atoms with E-state index in [1.165, 1.54) is 30.1 Å². The summed E-state index contributed by atoms with van der Waals surface area (Å²) in [7, 11) is 3.36. The Kier molecular flexibility index (Phi) is 8.27. The second kappa shape index (κ2) is 11.8. The number of aliphatic carboxylic acids is 1. The fraction of sp³-hybridized carbons (Fsp3) is 0.429. The molecule has 0 saturated carbocycles. The average Bonchev–Trinajstić information content (AvgIpc) is 3.33. The molecule has 1 fully saturated rings. The van der Waals surface area contributed by atoms with Crippen molar-refractivity contribution in [1.82, 2.24) is 9.97 Å². The lowest BCUT2D eigenvalue weighted by molar-refractivity contribution is -0.141. The van der Waals surface area contributed by atoms with Crippen LogP contribution < -0.4 is 14.5 Å². The molecule has 1 unspecified atom stereocenters. The van der Waals surface area contributed by atoms with Crippen LogP contribution in [0, 0.1) is 22.8 Å². The normalized spacial score (nSPS) is 16.2. The highest BCUT2D eigenvalue weighted by Gasteiger charge is 2.31. The third kappa shape index (κ3) is 5.92. The molecule has 0 aliphatic carbocycles. The molecule has 3 aromatic rings. The van der Waals surface area contributed by atoms with Gasteiger partial charge in [-0.3, -0.25) is 14.5 Å². The number of thiazole rings is 1. The van der Waals surface area contributed by atoms with Gasteiger partial charge in [-0.15, -0.1) is 0 Å². The van der Waals surface area contributed by atoms with Crippen molar-refractivity contribution in [2.45, 2.75) is 25.7 Å². The summed E-state index contributed by atoms with van der Waals surface area (Å²) < 4.78 is 41.0. The molecule has 2 aromatic heterocycles. The van der Waals surface area contributed by atoms with Crippen molar-refractivity contribution in [3.63, 3.8) is 0 Å². The van der Waals surface area contributed by atoms with Crippen LogP contribution in [0.5, 0.6) is 5.75 Å². The smallest absolute Gasteiger partial charge is 0.304 e. The molecule has 2 aliphatic rings. The van der Waals surface area contributed by atoms with E-state index in [1.54, 1.807) is 12.3 Å². The van der Waals surface area contributed by atoms with E-state index in [0.717, 1.165) is 12.8 Å². The monoisotopic (exact) mass is 572 g/mol. The Morgan fingerprint density at radius 1 is 1.20 bits per heavy atom. The van der Waals surface area contributed by atoms with Crippen molar-refractivity contribution in [2.75, 3.05) is 50.3 Å². The van der Waals surface area contributed by atoms with Crippen molar-refractivity contribution in [2.24, 2.45) is 11.8 Å². The Morgan fingerprint density at radius 2 is 1.98 bits per heavy atom. The van der Waals surface area contributed by atoms with Gasteiger partial charge in [-0.25, -0.2) is 14.4 Å². The Bertz CT molecular complexity index is 1410. The number of rotatable bonds is 8. The van der Waals surface area contributed by atoms with Crippen molar-refractivity contribution in [3.8, 4) is 28.1 Å². The molecule has 0 radical (unpaired) electrons. The minimum atomic E-state index is -1.08. The van der Waals surface area contributed by atoms with Gasteiger partial charge in [0.05, 0.1) is 13.0 Å². The zero-order valence-corrected chi connectivity index (χ0v) is 23.0. The van der Waals surface area contributed by atoms with Gasteiger partial charge in [-0.05, 0) is 48.9 Å².